The van der Waals surface area contributed by atoms with E-state index < -0.39 is 5.43 Å². The van der Waals surface area contributed by atoms with Crippen LogP contribution in [0.1, 0.15) is 5.56 Å². The Balaban J connectivity index is 3.01. The Bertz CT molecular complexity index is 640. The van der Waals surface area contributed by atoms with Gasteiger partial charge in [-0.15, -0.1) is 0 Å². The van der Waals surface area contributed by atoms with Crippen LogP contribution in [0.2, 0.25) is 5.02 Å². The molecular weight excluding hydrogens is 216 g/mol. The van der Waals surface area contributed by atoms with Crippen molar-refractivity contribution in [2.75, 3.05) is 5.73 Å². The molecule has 1 aromatic heterocycles. The van der Waals surface area contributed by atoms with Crippen molar-refractivity contribution in [2.24, 2.45) is 0 Å². The molecule has 0 atom stereocenters. The topological polar surface area (TPSA) is 80.0 Å². The van der Waals surface area contributed by atoms with E-state index in [1.54, 1.807) is 12.1 Å². The summed E-state index contributed by atoms with van der Waals surface area (Å²) in [7, 11) is 0. The van der Waals surface area contributed by atoms with Crippen molar-refractivity contribution in [1.29, 1.82) is 5.26 Å². The molecule has 0 fully saturated rings. The molecule has 0 aliphatic heterocycles. The van der Waals surface area contributed by atoms with Gasteiger partial charge in [0.2, 0.25) is 11.3 Å². The van der Waals surface area contributed by atoms with Crippen molar-refractivity contribution in [2.45, 2.75) is 0 Å². The van der Waals surface area contributed by atoms with Crippen LogP contribution in [0.15, 0.2) is 27.4 Å². The fraction of sp³-hybridized carbons (Fsp3) is 0. The molecule has 74 valence electrons. The Labute approximate surface area is 89.5 Å². The first-order valence-electron chi connectivity index (χ1n) is 4.05. The van der Waals surface area contributed by atoms with Crippen LogP contribution < -0.4 is 11.2 Å². The molecule has 15 heavy (non-hydrogen) atoms. The summed E-state index contributed by atoms with van der Waals surface area (Å²) in [4.78, 5) is 11.7. The normalized spacial score (nSPS) is 10.1. The zero-order chi connectivity index (χ0) is 11.0. The Morgan fingerprint density at radius 1 is 1.47 bits per heavy atom. The minimum absolute atomic E-state index is 0.169. The molecule has 0 radical (unpaired) electrons. The van der Waals surface area contributed by atoms with Crippen molar-refractivity contribution in [3.8, 4) is 6.07 Å². The summed E-state index contributed by atoms with van der Waals surface area (Å²) >= 11 is 5.73. The Morgan fingerprint density at radius 3 is 2.87 bits per heavy atom. The number of nitrogens with zero attached hydrogens (tertiary/aromatic N) is 1. The van der Waals surface area contributed by atoms with Gasteiger partial charge in [-0.3, -0.25) is 4.79 Å². The minimum Gasteiger partial charge on any atom is -0.439 e. The molecule has 2 aromatic rings. The number of benzene rings is 1. The fourth-order valence-corrected chi connectivity index (χ4v) is 1.46. The molecule has 0 spiro atoms. The van der Waals surface area contributed by atoms with Gasteiger partial charge in [-0.2, -0.15) is 5.26 Å². The summed E-state index contributed by atoms with van der Waals surface area (Å²) in [5, 5.41) is 9.37. The molecule has 4 nitrogen and oxygen atoms in total. The van der Waals surface area contributed by atoms with Crippen molar-refractivity contribution in [3.63, 3.8) is 0 Å². The summed E-state index contributed by atoms with van der Waals surface area (Å²) in [5.74, 6) is -0.169. The average molecular weight is 221 g/mol. The van der Waals surface area contributed by atoms with Gasteiger partial charge < -0.3 is 10.2 Å². The lowest BCUT2D eigenvalue weighted by Gasteiger charge is -2.00. The van der Waals surface area contributed by atoms with E-state index >= 15 is 0 Å². The standard InChI is InChI=1S/C10H5ClN2O2/c11-5-1-2-8-6(3-5)9(14)7(4-12)10(13)15-8/h1-3H,13H2. The number of rotatable bonds is 0. The highest BCUT2D eigenvalue weighted by Crippen LogP contribution is 2.20. The molecule has 2 N–H and O–H groups in total. The third kappa shape index (κ3) is 1.43. The Morgan fingerprint density at radius 2 is 2.20 bits per heavy atom. The maximum absolute atomic E-state index is 11.7. The molecule has 0 amide bonds. The van der Waals surface area contributed by atoms with E-state index in [0.717, 1.165) is 0 Å². The van der Waals surface area contributed by atoms with E-state index in [4.69, 9.17) is 27.0 Å². The summed E-state index contributed by atoms with van der Waals surface area (Å²) in [6.45, 7) is 0. The van der Waals surface area contributed by atoms with E-state index in [9.17, 15) is 4.79 Å². The highest BCUT2D eigenvalue weighted by atomic mass is 35.5. The van der Waals surface area contributed by atoms with Crippen molar-refractivity contribution < 1.29 is 4.42 Å². The molecule has 0 aliphatic carbocycles. The van der Waals surface area contributed by atoms with Gasteiger partial charge in [0.05, 0.1) is 5.39 Å². The molecule has 2 rings (SSSR count). The van der Waals surface area contributed by atoms with E-state index in [2.05, 4.69) is 0 Å². The predicted octanol–water partition coefficient (Wildman–Crippen LogP) is 1.90. The van der Waals surface area contributed by atoms with Crippen LogP contribution in [0.4, 0.5) is 5.88 Å². The molecule has 5 heteroatoms. The summed E-state index contributed by atoms with van der Waals surface area (Å²) in [6.07, 6.45) is 0. The smallest absolute Gasteiger partial charge is 0.212 e. The van der Waals surface area contributed by atoms with Gasteiger partial charge in [-0.1, -0.05) is 11.6 Å². The monoisotopic (exact) mass is 220 g/mol. The number of fused-ring (bicyclic) bond motifs is 1. The molecule has 0 saturated heterocycles. The molecule has 1 heterocycles. The second kappa shape index (κ2) is 3.30. The minimum atomic E-state index is -0.459. The maximum Gasteiger partial charge on any atom is 0.212 e. The SMILES string of the molecule is N#Cc1c(N)oc2ccc(Cl)cc2c1=O. The van der Waals surface area contributed by atoms with Gasteiger partial charge in [-0.25, -0.2) is 0 Å². The largest absolute Gasteiger partial charge is 0.439 e. The average Bonchev–Trinajstić information content (AvgIpc) is 2.20. The van der Waals surface area contributed by atoms with Crippen LogP contribution >= 0.6 is 11.6 Å². The number of nitriles is 1. The van der Waals surface area contributed by atoms with Crippen LogP contribution in [0.3, 0.4) is 0 Å². The fourth-order valence-electron chi connectivity index (χ4n) is 1.29. The molecule has 0 saturated carbocycles. The Kier molecular flexibility index (Phi) is 2.10. The molecule has 0 bridgehead atoms. The van der Waals surface area contributed by atoms with Gasteiger partial charge in [0, 0.05) is 5.02 Å². The molecule has 0 aliphatic rings. The number of anilines is 1. The van der Waals surface area contributed by atoms with E-state index in [1.807, 2.05) is 0 Å². The third-order valence-corrected chi connectivity index (χ3v) is 2.23. The molecule has 1 aromatic carbocycles. The zero-order valence-corrected chi connectivity index (χ0v) is 8.21. The van der Waals surface area contributed by atoms with Crippen LogP contribution in [0.5, 0.6) is 0 Å². The van der Waals surface area contributed by atoms with Crippen LogP contribution in [-0.4, -0.2) is 0 Å². The highest BCUT2D eigenvalue weighted by Gasteiger charge is 2.11. The number of nitrogens with two attached hydrogens (primary N) is 1. The lowest BCUT2D eigenvalue weighted by molar-refractivity contribution is 0.623. The molecule has 0 unspecified atom stereocenters. The summed E-state index contributed by atoms with van der Waals surface area (Å²) < 4.78 is 5.12. The second-order valence-corrected chi connectivity index (χ2v) is 3.36. The first kappa shape index (κ1) is 9.56. The summed E-state index contributed by atoms with van der Waals surface area (Å²) in [5.41, 5.74) is 5.08. The summed E-state index contributed by atoms with van der Waals surface area (Å²) in [6, 6.07) is 6.27. The lowest BCUT2D eigenvalue weighted by Crippen LogP contribution is -2.09. The first-order chi connectivity index (χ1) is 7.13. The third-order valence-electron chi connectivity index (χ3n) is 1.99. The van der Waals surface area contributed by atoms with E-state index in [0.29, 0.717) is 10.6 Å². The quantitative estimate of drug-likeness (QED) is 0.735. The van der Waals surface area contributed by atoms with Gasteiger partial charge in [-0.05, 0) is 18.2 Å². The number of hydrogen-bond acceptors (Lipinski definition) is 4. The maximum atomic E-state index is 11.7. The van der Waals surface area contributed by atoms with E-state index in [-0.39, 0.29) is 16.8 Å². The first-order valence-corrected chi connectivity index (χ1v) is 4.43. The van der Waals surface area contributed by atoms with Gasteiger partial charge in [0.1, 0.15) is 11.7 Å². The lowest BCUT2D eigenvalue weighted by atomic mass is 10.2. The van der Waals surface area contributed by atoms with Crippen LogP contribution in [0.25, 0.3) is 11.0 Å². The molecular formula is C10H5ClN2O2. The van der Waals surface area contributed by atoms with Crippen LogP contribution in [0, 0.1) is 11.3 Å². The van der Waals surface area contributed by atoms with Crippen molar-refractivity contribution >= 4 is 28.5 Å². The van der Waals surface area contributed by atoms with Crippen molar-refractivity contribution in [1.82, 2.24) is 0 Å². The van der Waals surface area contributed by atoms with Crippen molar-refractivity contribution in [3.05, 3.63) is 39.0 Å². The van der Waals surface area contributed by atoms with Gasteiger partial charge >= 0.3 is 0 Å². The number of halogens is 1. The highest BCUT2D eigenvalue weighted by molar-refractivity contribution is 6.31. The van der Waals surface area contributed by atoms with Gasteiger partial charge in [0.25, 0.3) is 0 Å². The van der Waals surface area contributed by atoms with Gasteiger partial charge in [0.15, 0.2) is 5.56 Å². The van der Waals surface area contributed by atoms with Crippen LogP contribution in [-0.2, 0) is 0 Å². The number of nitrogen functional groups attached to an aromatic ring is 1. The zero-order valence-electron chi connectivity index (χ0n) is 7.45. The Hall–Kier alpha value is -1.99. The number of hydrogen-bond donors (Lipinski definition) is 1. The predicted molar refractivity (Wildman–Crippen MR) is 56.6 cm³/mol. The van der Waals surface area contributed by atoms with E-state index in [1.165, 1.54) is 12.1 Å². The second-order valence-electron chi connectivity index (χ2n) is 2.92.